The van der Waals surface area contributed by atoms with Crippen LogP contribution in [0.4, 0.5) is 5.69 Å². The summed E-state index contributed by atoms with van der Waals surface area (Å²) < 4.78 is 6.30. The van der Waals surface area contributed by atoms with Gasteiger partial charge in [-0.3, -0.25) is 4.79 Å². The van der Waals surface area contributed by atoms with Gasteiger partial charge in [0.2, 0.25) is 0 Å². The molecule has 4 aromatic rings. The molecule has 1 N–H and O–H groups in total. The van der Waals surface area contributed by atoms with E-state index in [0.29, 0.717) is 33.0 Å². The largest absolute Gasteiger partial charge is 0.455 e. The van der Waals surface area contributed by atoms with Crippen LogP contribution in [-0.2, 0) is 0 Å². The summed E-state index contributed by atoms with van der Waals surface area (Å²) in [7, 11) is 0. The van der Waals surface area contributed by atoms with Crippen molar-refractivity contribution in [2.24, 2.45) is 0 Å². The molecule has 0 fully saturated rings. The van der Waals surface area contributed by atoms with E-state index in [2.05, 4.69) is 20.3 Å². The van der Waals surface area contributed by atoms with Crippen molar-refractivity contribution in [2.75, 3.05) is 5.32 Å². The third kappa shape index (κ3) is 3.66. The average Bonchev–Trinajstić information content (AvgIpc) is 2.73. The first kappa shape index (κ1) is 20.0. The normalized spacial score (nSPS) is 12.2. The summed E-state index contributed by atoms with van der Waals surface area (Å²) in [6, 6.07) is 7.40. The van der Waals surface area contributed by atoms with Crippen LogP contribution in [0.15, 0.2) is 52.2 Å². The lowest BCUT2D eigenvalue weighted by Crippen LogP contribution is -2.13. The van der Waals surface area contributed by atoms with Crippen molar-refractivity contribution in [1.82, 2.24) is 15.0 Å². The van der Waals surface area contributed by atoms with Gasteiger partial charge in [0, 0.05) is 23.5 Å². The minimum Gasteiger partial charge on any atom is -0.455 e. The van der Waals surface area contributed by atoms with Gasteiger partial charge in [-0.2, -0.15) is 0 Å². The van der Waals surface area contributed by atoms with E-state index in [1.54, 1.807) is 25.4 Å². The third-order valence-electron chi connectivity index (χ3n) is 5.11. The second-order valence-corrected chi connectivity index (χ2v) is 7.76. The number of halogens is 1. The quantitative estimate of drug-likeness (QED) is 0.445. The van der Waals surface area contributed by atoms with E-state index in [4.69, 9.17) is 16.0 Å². The van der Waals surface area contributed by atoms with Crippen LogP contribution in [0.2, 0.25) is 5.15 Å². The molecule has 6 nitrogen and oxygen atoms in total. The number of anilines is 1. The van der Waals surface area contributed by atoms with E-state index in [-0.39, 0.29) is 11.5 Å². The molecular formula is C23H21ClN4O2. The topological polar surface area (TPSA) is 80.9 Å². The van der Waals surface area contributed by atoms with E-state index < -0.39 is 0 Å². The monoisotopic (exact) mass is 420 g/mol. The number of nitrogens with zero attached hydrogens (tertiary/aromatic N) is 3. The molecule has 0 saturated carbocycles. The predicted octanol–water partition coefficient (Wildman–Crippen LogP) is 5.40. The van der Waals surface area contributed by atoms with E-state index in [0.717, 1.165) is 22.5 Å². The highest BCUT2D eigenvalue weighted by atomic mass is 35.5. The van der Waals surface area contributed by atoms with Crippen molar-refractivity contribution < 1.29 is 4.42 Å². The summed E-state index contributed by atoms with van der Waals surface area (Å²) in [4.78, 5) is 25.6. The fourth-order valence-electron chi connectivity index (χ4n) is 3.57. The van der Waals surface area contributed by atoms with Crippen LogP contribution in [0.1, 0.15) is 35.3 Å². The highest BCUT2D eigenvalue weighted by Gasteiger charge is 2.19. The van der Waals surface area contributed by atoms with Crippen LogP contribution in [-0.4, -0.2) is 15.0 Å². The molecule has 0 bridgehead atoms. The second kappa shape index (κ2) is 7.88. The van der Waals surface area contributed by atoms with Gasteiger partial charge in [0.25, 0.3) is 0 Å². The maximum atomic E-state index is 13.2. The fraction of sp³-hybridized carbons (Fsp3) is 0.217. The smallest absolute Gasteiger partial charge is 0.196 e. The van der Waals surface area contributed by atoms with E-state index in [1.165, 1.54) is 6.33 Å². The zero-order chi connectivity index (χ0) is 21.4. The van der Waals surface area contributed by atoms with Gasteiger partial charge in [-0.15, -0.1) is 0 Å². The Morgan fingerprint density at radius 1 is 1.10 bits per heavy atom. The average molecular weight is 421 g/mol. The molecule has 1 atom stereocenters. The lowest BCUT2D eigenvalue weighted by molar-refractivity contribution is 0.605. The Morgan fingerprint density at radius 3 is 2.53 bits per heavy atom. The van der Waals surface area contributed by atoms with Crippen molar-refractivity contribution in [3.63, 3.8) is 0 Å². The Bertz CT molecular complexity index is 1300. The maximum absolute atomic E-state index is 13.2. The van der Waals surface area contributed by atoms with Crippen molar-refractivity contribution in [2.45, 2.75) is 33.7 Å². The summed E-state index contributed by atoms with van der Waals surface area (Å²) >= 11 is 5.98. The molecule has 30 heavy (non-hydrogen) atoms. The zero-order valence-electron chi connectivity index (χ0n) is 17.2. The predicted molar refractivity (Wildman–Crippen MR) is 119 cm³/mol. The summed E-state index contributed by atoms with van der Waals surface area (Å²) in [6.07, 6.45) is 4.73. The van der Waals surface area contributed by atoms with Gasteiger partial charge < -0.3 is 9.73 Å². The first-order valence-corrected chi connectivity index (χ1v) is 9.96. The lowest BCUT2D eigenvalue weighted by Gasteiger charge is -2.19. The van der Waals surface area contributed by atoms with Crippen molar-refractivity contribution >= 4 is 28.3 Å². The van der Waals surface area contributed by atoms with E-state index in [1.807, 2.05) is 39.0 Å². The highest BCUT2D eigenvalue weighted by molar-refractivity contribution is 6.29. The minimum atomic E-state index is -0.139. The molecule has 0 unspecified atom stereocenters. The van der Waals surface area contributed by atoms with Crippen LogP contribution >= 0.6 is 11.6 Å². The van der Waals surface area contributed by atoms with Crippen LogP contribution in [0.3, 0.4) is 0 Å². The Kier molecular flexibility index (Phi) is 5.26. The standard InChI is InChI=1S/C23H21ClN4O2/c1-12-7-17(14(3)27-19-5-6-20(24)28-15(19)4)23-18(8-12)21(29)13(2)22(30-23)16-9-25-11-26-10-16/h5-11,14,27H,1-4H3/t14-/m1/s1. The minimum absolute atomic E-state index is 0.0587. The molecule has 3 heterocycles. The molecule has 0 radical (unpaired) electrons. The lowest BCUT2D eigenvalue weighted by atomic mass is 9.99. The van der Waals surface area contributed by atoms with Crippen molar-refractivity contribution in [3.05, 3.63) is 80.7 Å². The van der Waals surface area contributed by atoms with Crippen LogP contribution in [0, 0.1) is 20.8 Å². The van der Waals surface area contributed by atoms with Gasteiger partial charge in [-0.25, -0.2) is 15.0 Å². The van der Waals surface area contributed by atoms with Gasteiger partial charge in [0.1, 0.15) is 22.8 Å². The summed E-state index contributed by atoms with van der Waals surface area (Å²) in [5.74, 6) is 0.481. The maximum Gasteiger partial charge on any atom is 0.196 e. The van der Waals surface area contributed by atoms with Gasteiger partial charge in [-0.1, -0.05) is 17.7 Å². The summed E-state index contributed by atoms with van der Waals surface area (Å²) in [5.41, 5.74) is 5.23. The fourth-order valence-corrected chi connectivity index (χ4v) is 3.76. The zero-order valence-corrected chi connectivity index (χ0v) is 17.9. The Morgan fingerprint density at radius 2 is 1.83 bits per heavy atom. The van der Waals surface area contributed by atoms with Gasteiger partial charge in [-0.05, 0) is 51.5 Å². The Hall–Kier alpha value is -3.25. The van der Waals surface area contributed by atoms with Crippen LogP contribution < -0.4 is 10.7 Å². The molecule has 152 valence electrons. The molecule has 0 aliphatic heterocycles. The molecule has 0 aliphatic carbocycles. The number of aryl methyl sites for hydroxylation is 2. The molecule has 0 amide bonds. The number of benzene rings is 1. The highest BCUT2D eigenvalue weighted by Crippen LogP contribution is 2.32. The van der Waals surface area contributed by atoms with Crippen LogP contribution in [0.25, 0.3) is 22.3 Å². The first-order chi connectivity index (χ1) is 14.3. The first-order valence-electron chi connectivity index (χ1n) is 9.58. The van der Waals surface area contributed by atoms with Gasteiger partial charge in [0.05, 0.1) is 28.4 Å². The van der Waals surface area contributed by atoms with Crippen molar-refractivity contribution in [1.29, 1.82) is 0 Å². The van der Waals surface area contributed by atoms with Gasteiger partial charge >= 0.3 is 0 Å². The molecule has 1 aromatic carbocycles. The molecule has 3 aromatic heterocycles. The molecule has 0 spiro atoms. The van der Waals surface area contributed by atoms with Crippen LogP contribution in [0.5, 0.6) is 0 Å². The molecule has 7 heteroatoms. The number of hydrogen-bond acceptors (Lipinski definition) is 6. The number of aromatic nitrogens is 3. The molecule has 0 saturated heterocycles. The number of nitrogens with one attached hydrogen (secondary N) is 1. The number of pyridine rings is 1. The number of rotatable bonds is 4. The molecular weight excluding hydrogens is 400 g/mol. The number of hydrogen-bond donors (Lipinski definition) is 1. The Labute approximate surface area is 179 Å². The number of fused-ring (bicyclic) bond motifs is 1. The van der Waals surface area contributed by atoms with E-state index in [9.17, 15) is 4.79 Å². The van der Waals surface area contributed by atoms with E-state index >= 15 is 0 Å². The molecule has 0 aliphatic rings. The Balaban J connectivity index is 1.89. The van der Waals surface area contributed by atoms with Gasteiger partial charge in [0.15, 0.2) is 5.43 Å². The summed E-state index contributed by atoms with van der Waals surface area (Å²) in [5, 5.41) is 4.46. The summed E-state index contributed by atoms with van der Waals surface area (Å²) in [6.45, 7) is 7.65. The third-order valence-corrected chi connectivity index (χ3v) is 5.32. The van der Waals surface area contributed by atoms with Crippen molar-refractivity contribution in [3.8, 4) is 11.3 Å². The molecule has 4 rings (SSSR count). The SMILES string of the molecule is Cc1cc([C@@H](C)Nc2ccc(Cl)nc2C)c2oc(-c3cncnc3)c(C)c(=O)c2c1. The second-order valence-electron chi connectivity index (χ2n) is 7.38.